The lowest BCUT2D eigenvalue weighted by atomic mass is 10.0. The highest BCUT2D eigenvalue weighted by Crippen LogP contribution is 2.22. The molecule has 4 N–H and O–H groups in total. The molecule has 182 valence electrons. The van der Waals surface area contributed by atoms with Crippen molar-refractivity contribution in [3.63, 3.8) is 0 Å². The van der Waals surface area contributed by atoms with Gasteiger partial charge in [0.25, 0.3) is 5.91 Å². The summed E-state index contributed by atoms with van der Waals surface area (Å²) in [5.41, 5.74) is 7.70. The van der Waals surface area contributed by atoms with Crippen LogP contribution in [0, 0.1) is 0 Å². The molecule has 0 radical (unpaired) electrons. The van der Waals surface area contributed by atoms with Crippen LogP contribution in [-0.2, 0) is 16.2 Å². The lowest BCUT2D eigenvalue weighted by molar-refractivity contribution is -0.126. The Bertz CT molecular complexity index is 1130. The molecule has 1 atom stereocenters. The van der Waals surface area contributed by atoms with E-state index < -0.39 is 17.9 Å². The molecule has 0 bridgehead atoms. The van der Waals surface area contributed by atoms with Crippen LogP contribution >= 0.6 is 0 Å². The highest BCUT2D eigenvalue weighted by Gasteiger charge is 2.23. The Balaban J connectivity index is 1.74. The van der Waals surface area contributed by atoms with E-state index in [4.69, 9.17) is 10.5 Å². The van der Waals surface area contributed by atoms with Gasteiger partial charge in [0, 0.05) is 17.7 Å². The number of amides is 3. The first-order chi connectivity index (χ1) is 17.0. The number of anilines is 1. The van der Waals surface area contributed by atoms with Gasteiger partial charge >= 0.3 is 0 Å². The fourth-order valence-corrected chi connectivity index (χ4v) is 3.53. The number of carbonyl (C=O) groups is 3. The third kappa shape index (κ3) is 7.99. The minimum atomic E-state index is -0.912. The van der Waals surface area contributed by atoms with Crippen molar-refractivity contribution >= 4 is 23.4 Å². The summed E-state index contributed by atoms with van der Waals surface area (Å²) in [4.78, 5) is 37.2. The van der Waals surface area contributed by atoms with Crippen LogP contribution in [0.4, 0.5) is 5.69 Å². The van der Waals surface area contributed by atoms with Crippen LogP contribution in [0.1, 0.15) is 60.1 Å². The Morgan fingerprint density at radius 1 is 0.914 bits per heavy atom. The number of nitrogens with one attached hydrogen (secondary N) is 2. The topological polar surface area (TPSA) is 111 Å². The van der Waals surface area contributed by atoms with Gasteiger partial charge < -0.3 is 21.1 Å². The van der Waals surface area contributed by atoms with Gasteiger partial charge in [-0.25, -0.2) is 0 Å². The van der Waals surface area contributed by atoms with E-state index in [1.807, 2.05) is 30.3 Å². The number of benzene rings is 3. The molecule has 0 heterocycles. The van der Waals surface area contributed by atoms with Crippen molar-refractivity contribution in [2.75, 3.05) is 5.32 Å². The number of hydrogen-bond acceptors (Lipinski definition) is 4. The van der Waals surface area contributed by atoms with Crippen LogP contribution in [0.3, 0.4) is 0 Å². The molecule has 0 spiro atoms. The van der Waals surface area contributed by atoms with Gasteiger partial charge in [0.05, 0.1) is 0 Å². The third-order valence-electron chi connectivity index (χ3n) is 5.45. The summed E-state index contributed by atoms with van der Waals surface area (Å²) in [5, 5.41) is 5.62. The number of carbonyl (C=O) groups excluding carboxylic acids is 3. The van der Waals surface area contributed by atoms with E-state index in [1.54, 1.807) is 42.5 Å². The Labute approximate surface area is 205 Å². The highest BCUT2D eigenvalue weighted by atomic mass is 16.5. The van der Waals surface area contributed by atoms with Crippen molar-refractivity contribution in [2.45, 2.75) is 45.3 Å². The number of ether oxygens (including phenoxy) is 1. The summed E-state index contributed by atoms with van der Waals surface area (Å²) in [7, 11) is 0. The van der Waals surface area contributed by atoms with E-state index in [-0.39, 0.29) is 11.5 Å². The summed E-state index contributed by atoms with van der Waals surface area (Å²) in [5.74, 6) is -0.560. The fourth-order valence-electron chi connectivity index (χ4n) is 3.53. The second kappa shape index (κ2) is 12.9. The van der Waals surface area contributed by atoms with Crippen molar-refractivity contribution in [3.8, 4) is 5.75 Å². The van der Waals surface area contributed by atoms with Crippen molar-refractivity contribution in [1.29, 1.82) is 0 Å². The molecule has 3 amide bonds. The first-order valence-electron chi connectivity index (χ1n) is 11.7. The average Bonchev–Trinajstić information content (AvgIpc) is 2.87. The number of hydrogen-bond donors (Lipinski definition) is 3. The molecular formula is C28H31N3O4. The van der Waals surface area contributed by atoms with E-state index >= 15 is 0 Å². The normalized spacial score (nSPS) is 11.3. The largest absolute Gasteiger partial charge is 0.489 e. The Morgan fingerprint density at radius 3 is 2.34 bits per heavy atom. The van der Waals surface area contributed by atoms with Crippen molar-refractivity contribution in [3.05, 3.63) is 95.6 Å². The molecule has 0 fully saturated rings. The van der Waals surface area contributed by atoms with E-state index in [9.17, 15) is 14.4 Å². The molecule has 0 saturated heterocycles. The predicted octanol–water partition coefficient (Wildman–Crippen LogP) is 4.74. The Hall–Kier alpha value is -4.13. The summed E-state index contributed by atoms with van der Waals surface area (Å²) in [6, 6.07) is 22.3. The Morgan fingerprint density at radius 2 is 1.66 bits per heavy atom. The zero-order chi connectivity index (χ0) is 25.0. The lowest BCUT2D eigenvalue weighted by Gasteiger charge is -2.20. The van der Waals surface area contributed by atoms with Crippen LogP contribution in [-0.4, -0.2) is 17.7 Å². The monoisotopic (exact) mass is 473 g/mol. The van der Waals surface area contributed by atoms with Crippen molar-refractivity contribution < 1.29 is 19.1 Å². The predicted molar refractivity (Wildman–Crippen MR) is 136 cm³/mol. The maximum atomic E-state index is 13.2. The van der Waals surface area contributed by atoms with E-state index in [2.05, 4.69) is 17.6 Å². The third-order valence-corrected chi connectivity index (χ3v) is 5.45. The standard InChI is InChI=1S/C28H31N3O4/c1-2-3-5-13-25(32)31-26(28(34)30-23-12-8-11-22(18-23)27(29)33)21-14-16-24(17-15-21)35-19-20-9-6-4-7-10-20/h4,6-12,14-18,26H,2-3,5,13,19H2,1H3,(H2,29,33)(H,30,34)(H,31,32)/t26-/m0/s1. The Kier molecular flexibility index (Phi) is 9.42. The molecule has 0 aromatic heterocycles. The molecule has 3 aromatic rings. The highest BCUT2D eigenvalue weighted by molar-refractivity contribution is 5.99. The minimum absolute atomic E-state index is 0.200. The molecule has 0 saturated carbocycles. The van der Waals surface area contributed by atoms with Gasteiger partial charge in [0.15, 0.2) is 0 Å². The first-order valence-corrected chi connectivity index (χ1v) is 11.7. The molecule has 0 aliphatic rings. The second-order valence-corrected chi connectivity index (χ2v) is 8.24. The maximum absolute atomic E-state index is 13.2. The van der Waals surface area contributed by atoms with Gasteiger partial charge in [-0.3, -0.25) is 14.4 Å². The fraction of sp³-hybridized carbons (Fsp3) is 0.250. The molecule has 3 rings (SSSR count). The molecule has 0 unspecified atom stereocenters. The molecule has 7 heteroatoms. The van der Waals surface area contributed by atoms with Gasteiger partial charge in [-0.2, -0.15) is 0 Å². The minimum Gasteiger partial charge on any atom is -0.489 e. The van der Waals surface area contributed by atoms with Crippen molar-refractivity contribution in [1.82, 2.24) is 5.32 Å². The molecule has 0 aliphatic heterocycles. The van der Waals surface area contributed by atoms with Crippen LogP contribution < -0.4 is 21.1 Å². The SMILES string of the molecule is CCCCCC(=O)N[C@H](C(=O)Nc1cccc(C(N)=O)c1)c1ccc(OCc2ccccc2)cc1. The van der Waals surface area contributed by atoms with Gasteiger partial charge in [-0.15, -0.1) is 0 Å². The summed E-state index contributed by atoms with van der Waals surface area (Å²) in [6.45, 7) is 2.49. The molecule has 7 nitrogen and oxygen atoms in total. The molecule has 3 aromatic carbocycles. The average molecular weight is 474 g/mol. The van der Waals surface area contributed by atoms with Gasteiger partial charge in [-0.05, 0) is 47.9 Å². The summed E-state index contributed by atoms with van der Waals surface area (Å²) in [6.07, 6.45) is 3.03. The van der Waals surface area contributed by atoms with E-state index in [0.717, 1.165) is 24.8 Å². The number of primary amides is 1. The van der Waals surface area contributed by atoms with Crippen LogP contribution in [0.5, 0.6) is 5.75 Å². The quantitative estimate of drug-likeness (QED) is 0.330. The molecule has 35 heavy (non-hydrogen) atoms. The summed E-state index contributed by atoms with van der Waals surface area (Å²) >= 11 is 0. The first kappa shape index (κ1) is 25.5. The zero-order valence-corrected chi connectivity index (χ0v) is 19.8. The maximum Gasteiger partial charge on any atom is 0.251 e. The van der Waals surface area contributed by atoms with Crippen LogP contribution in [0.25, 0.3) is 0 Å². The van der Waals surface area contributed by atoms with Crippen molar-refractivity contribution in [2.24, 2.45) is 5.73 Å². The van der Waals surface area contributed by atoms with E-state index in [1.165, 1.54) is 6.07 Å². The molecular weight excluding hydrogens is 442 g/mol. The zero-order valence-electron chi connectivity index (χ0n) is 19.8. The van der Waals surface area contributed by atoms with Gasteiger partial charge in [0.2, 0.25) is 11.8 Å². The summed E-state index contributed by atoms with van der Waals surface area (Å²) < 4.78 is 5.83. The lowest BCUT2D eigenvalue weighted by Crippen LogP contribution is -2.37. The number of nitrogens with two attached hydrogens (primary N) is 1. The van der Waals surface area contributed by atoms with Crippen LogP contribution in [0.15, 0.2) is 78.9 Å². The number of rotatable bonds is 12. The van der Waals surface area contributed by atoms with E-state index in [0.29, 0.717) is 30.0 Å². The van der Waals surface area contributed by atoms with Gasteiger partial charge in [0.1, 0.15) is 18.4 Å². The van der Waals surface area contributed by atoms with Gasteiger partial charge in [-0.1, -0.05) is 68.3 Å². The molecule has 0 aliphatic carbocycles. The number of unbranched alkanes of at least 4 members (excludes halogenated alkanes) is 2. The van der Waals surface area contributed by atoms with Crippen LogP contribution in [0.2, 0.25) is 0 Å². The smallest absolute Gasteiger partial charge is 0.251 e. The second-order valence-electron chi connectivity index (χ2n) is 8.24.